The van der Waals surface area contributed by atoms with Gasteiger partial charge >= 0.3 is 20.0 Å². The first-order valence-electron chi connectivity index (χ1n) is 20.8. The van der Waals surface area contributed by atoms with Crippen molar-refractivity contribution in [3.63, 3.8) is 0 Å². The Balaban J connectivity index is 1.76. The van der Waals surface area contributed by atoms with Gasteiger partial charge in [0.05, 0.1) is 12.5 Å². The molecule has 1 aromatic heterocycles. The SMILES string of the molecule is CCC(C)C(NC(=O)Cc1cc(=O)[nH]c(=O)[nH]1)C(=O)NC(C(=O)c1ccccc1)C(O[P+](=O)O)C(C)C(NC(=O)C(NC(=O)NC(=O)c1ccccc1)C(C)CC)C(=O)c1ccccc1. The highest BCUT2D eigenvalue weighted by atomic mass is 31.1. The molecule has 0 aliphatic rings. The summed E-state index contributed by atoms with van der Waals surface area (Å²) >= 11 is 0. The summed E-state index contributed by atoms with van der Waals surface area (Å²) in [7, 11) is -3.59. The van der Waals surface area contributed by atoms with E-state index < -0.39 is 115 Å². The first-order chi connectivity index (χ1) is 30.9. The molecular weight excluding hydrogens is 862 g/mol. The van der Waals surface area contributed by atoms with Crippen molar-refractivity contribution in [1.29, 1.82) is 0 Å². The number of amides is 6. The Morgan fingerprint density at radius 1 is 0.631 bits per heavy atom. The number of benzene rings is 3. The fraction of sp³-hybridized carbons (Fsp3) is 0.356. The fourth-order valence-corrected chi connectivity index (χ4v) is 7.42. The number of rotatable bonds is 22. The van der Waals surface area contributed by atoms with Crippen LogP contribution in [0.2, 0.25) is 0 Å². The number of aromatic nitrogens is 2. The molecule has 0 bridgehead atoms. The van der Waals surface area contributed by atoms with Crippen LogP contribution in [0.4, 0.5) is 4.79 Å². The molecule has 4 aromatic rings. The number of hydrogen-bond acceptors (Lipinski definition) is 11. The molecular formula is C45H53N7O12P+. The van der Waals surface area contributed by atoms with Crippen LogP contribution in [-0.2, 0) is 29.9 Å². The van der Waals surface area contributed by atoms with Gasteiger partial charge in [0.2, 0.25) is 17.7 Å². The molecule has 20 heteroatoms. The summed E-state index contributed by atoms with van der Waals surface area (Å²) < 4.78 is 18.2. The molecule has 19 nitrogen and oxygen atoms in total. The van der Waals surface area contributed by atoms with Crippen LogP contribution in [0.15, 0.2) is 107 Å². The van der Waals surface area contributed by atoms with Gasteiger partial charge in [-0.3, -0.25) is 43.9 Å². The highest BCUT2D eigenvalue weighted by molar-refractivity contribution is 7.32. The van der Waals surface area contributed by atoms with E-state index >= 15 is 0 Å². The number of aromatic amines is 2. The second kappa shape index (κ2) is 24.2. The molecule has 0 aliphatic heterocycles. The monoisotopic (exact) mass is 914 g/mol. The Labute approximate surface area is 374 Å². The normalized spacial score (nSPS) is 15.0. The lowest BCUT2D eigenvalue weighted by Gasteiger charge is -2.34. The molecule has 344 valence electrons. The number of H-pyrrole nitrogens is 2. The number of ketones is 2. The largest absolute Gasteiger partial charge is 0.695 e. The zero-order valence-electron chi connectivity index (χ0n) is 36.4. The van der Waals surface area contributed by atoms with Gasteiger partial charge in [0, 0.05) is 38.9 Å². The second-order valence-electron chi connectivity index (χ2n) is 15.5. The minimum absolute atomic E-state index is 0.0150. The molecule has 4 rings (SSSR count). The Bertz CT molecular complexity index is 2420. The minimum atomic E-state index is -3.59. The fourth-order valence-electron chi connectivity index (χ4n) is 6.89. The first kappa shape index (κ1) is 50.7. The zero-order valence-corrected chi connectivity index (χ0v) is 37.3. The van der Waals surface area contributed by atoms with Gasteiger partial charge in [-0.25, -0.2) is 9.59 Å². The molecule has 3 aromatic carbocycles. The predicted octanol–water partition coefficient (Wildman–Crippen LogP) is 3.10. The lowest BCUT2D eigenvalue weighted by Crippen LogP contribution is -2.62. The van der Waals surface area contributed by atoms with Crippen molar-refractivity contribution in [1.82, 2.24) is 36.6 Å². The van der Waals surface area contributed by atoms with Gasteiger partial charge in [-0.2, -0.15) is 0 Å². The number of carbonyl (C=O) groups excluding carboxylic acids is 7. The molecule has 1 heterocycles. The molecule has 6 amide bonds. The lowest BCUT2D eigenvalue weighted by atomic mass is 9.83. The van der Waals surface area contributed by atoms with Crippen molar-refractivity contribution in [3.8, 4) is 0 Å². The van der Waals surface area contributed by atoms with Gasteiger partial charge in [0.25, 0.3) is 11.5 Å². The Morgan fingerprint density at radius 2 is 1.09 bits per heavy atom. The number of imide groups is 1. The predicted molar refractivity (Wildman–Crippen MR) is 238 cm³/mol. The van der Waals surface area contributed by atoms with Crippen molar-refractivity contribution in [2.75, 3.05) is 0 Å². The molecule has 9 atom stereocenters. The Hall–Kier alpha value is -6.95. The molecule has 0 saturated heterocycles. The van der Waals surface area contributed by atoms with Crippen LogP contribution in [0.25, 0.3) is 0 Å². The molecule has 65 heavy (non-hydrogen) atoms. The molecule has 0 saturated carbocycles. The summed E-state index contributed by atoms with van der Waals surface area (Å²) in [6.45, 7) is 8.13. The van der Waals surface area contributed by atoms with Crippen molar-refractivity contribution >= 4 is 49.5 Å². The number of carbonyl (C=O) groups is 7. The highest BCUT2D eigenvalue weighted by Gasteiger charge is 2.47. The standard InChI is InChI=1S/C45H52N7O12P/c1-6-25(3)34(47-32(53)23-31-24-33(54)48-44(60)46-31)42(58)50-37(39(56)29-19-13-9-14-20-29)40(64-65(62)63)27(5)36(38(55)28-17-11-8-12-18-28)49-43(59)35(26(4)7-2)51-45(61)52-41(57)30-21-15-10-16-22-30/h8-22,24-27,34-37,40H,6-7,23H2,1-5H3,(H7-,46,47,48,49,50,51,52,53,54,57,58,59,60,61,62,63)/p+1. The van der Waals surface area contributed by atoms with Crippen LogP contribution in [0.1, 0.15) is 84.2 Å². The Kier molecular flexibility index (Phi) is 18.9. The zero-order chi connectivity index (χ0) is 47.8. The van der Waals surface area contributed by atoms with Gasteiger partial charge in [0.1, 0.15) is 24.2 Å². The summed E-state index contributed by atoms with van der Waals surface area (Å²) in [5.41, 5.74) is -1.39. The van der Waals surface area contributed by atoms with E-state index in [-0.39, 0.29) is 22.4 Å². The third-order valence-electron chi connectivity index (χ3n) is 10.9. The maximum atomic E-state index is 14.6. The van der Waals surface area contributed by atoms with Crippen molar-refractivity contribution in [2.45, 2.75) is 84.2 Å². The first-order valence-corrected chi connectivity index (χ1v) is 22.0. The van der Waals surface area contributed by atoms with E-state index in [1.165, 1.54) is 55.5 Å². The van der Waals surface area contributed by atoms with Crippen LogP contribution < -0.4 is 37.8 Å². The number of urea groups is 1. The van der Waals surface area contributed by atoms with Gasteiger partial charge in [-0.1, -0.05) is 126 Å². The van der Waals surface area contributed by atoms with Crippen LogP contribution in [0.3, 0.4) is 0 Å². The van der Waals surface area contributed by atoms with Crippen molar-refractivity contribution in [2.24, 2.45) is 17.8 Å². The number of Topliss-reactive ketones (excluding diaryl/α,β-unsaturated/α-hetero) is 2. The molecule has 0 fully saturated rings. The third-order valence-corrected chi connectivity index (χ3v) is 11.3. The highest BCUT2D eigenvalue weighted by Crippen LogP contribution is 2.30. The van der Waals surface area contributed by atoms with E-state index in [1.54, 1.807) is 70.2 Å². The van der Waals surface area contributed by atoms with Gasteiger partial charge in [0.15, 0.2) is 11.6 Å². The van der Waals surface area contributed by atoms with E-state index in [0.29, 0.717) is 12.8 Å². The summed E-state index contributed by atoms with van der Waals surface area (Å²) in [5.74, 6) is -7.55. The van der Waals surface area contributed by atoms with Gasteiger partial charge in [-0.05, 0) is 24.0 Å². The molecule has 0 spiro atoms. The minimum Gasteiger partial charge on any atom is -0.344 e. The molecule has 0 radical (unpaired) electrons. The van der Waals surface area contributed by atoms with Crippen LogP contribution in [0, 0.1) is 17.8 Å². The van der Waals surface area contributed by atoms with E-state index in [9.17, 15) is 52.6 Å². The van der Waals surface area contributed by atoms with Crippen molar-refractivity contribution < 1.29 is 47.5 Å². The maximum absolute atomic E-state index is 14.6. The quantitative estimate of drug-likeness (QED) is 0.0417. The number of nitrogens with one attached hydrogen (secondary N) is 7. The lowest BCUT2D eigenvalue weighted by molar-refractivity contribution is -0.130. The Morgan fingerprint density at radius 3 is 1.57 bits per heavy atom. The third kappa shape index (κ3) is 14.5. The van der Waals surface area contributed by atoms with Gasteiger partial charge in [-0.15, -0.1) is 9.42 Å². The topological polar surface area (TPSA) is 292 Å². The smallest absolute Gasteiger partial charge is 0.344 e. The number of hydrogen-bond donors (Lipinski definition) is 8. The van der Waals surface area contributed by atoms with E-state index in [0.717, 1.165) is 6.07 Å². The van der Waals surface area contributed by atoms with E-state index in [4.69, 9.17) is 4.52 Å². The maximum Gasteiger partial charge on any atom is 0.695 e. The molecule has 9 unspecified atom stereocenters. The van der Waals surface area contributed by atoms with Crippen LogP contribution in [-0.4, -0.2) is 86.4 Å². The average molecular weight is 915 g/mol. The second-order valence-corrected chi connectivity index (χ2v) is 16.2. The van der Waals surface area contributed by atoms with Gasteiger partial charge < -0.3 is 26.3 Å². The summed E-state index contributed by atoms with van der Waals surface area (Å²) in [6.07, 6.45) is -1.71. The van der Waals surface area contributed by atoms with Crippen molar-refractivity contribution in [3.05, 3.63) is 140 Å². The average Bonchev–Trinajstić information content (AvgIpc) is 3.29. The summed E-state index contributed by atoms with van der Waals surface area (Å²) in [6, 6.07) is 16.8. The summed E-state index contributed by atoms with van der Waals surface area (Å²) in [5, 5.41) is 12.5. The van der Waals surface area contributed by atoms with E-state index in [2.05, 4.69) is 31.6 Å². The van der Waals surface area contributed by atoms with Crippen LogP contribution in [0.5, 0.6) is 0 Å². The molecule has 0 aliphatic carbocycles. The van der Waals surface area contributed by atoms with E-state index in [1.807, 2.05) is 4.98 Å². The summed E-state index contributed by atoms with van der Waals surface area (Å²) in [4.78, 5) is 135. The van der Waals surface area contributed by atoms with Crippen LogP contribution >= 0.6 is 8.25 Å². The molecule has 8 N–H and O–H groups in total.